The summed E-state index contributed by atoms with van der Waals surface area (Å²) in [5.41, 5.74) is 3.79. The van der Waals surface area contributed by atoms with E-state index in [4.69, 9.17) is 17.3 Å². The van der Waals surface area contributed by atoms with E-state index >= 15 is 4.39 Å². The maximum atomic E-state index is 15.2. The van der Waals surface area contributed by atoms with Crippen LogP contribution in [0.5, 0.6) is 5.75 Å². The number of aliphatic imine (C=N–C) groups is 1. The molecule has 0 saturated carbocycles. The van der Waals surface area contributed by atoms with Gasteiger partial charge >= 0.3 is 0 Å². The number of carbonyl (C=O) groups is 2. The lowest BCUT2D eigenvalue weighted by molar-refractivity contribution is -0.130. The standard InChI is InChI=1S/C32H32ClFN8O4/c1-7-23(44)40-15-21-30(45)39(6)27-26(41(21)14-16(40)2)18-11-19(33)25(24-20(34)9-8-10-22(24)43)37-29(18)42(31(27)46)28(17(12-35)13-36)38-32(3,4)5/h7-12,16,21,43H,1,14-15,35H2,2-6H3/t16-,21-/m1/s1. The maximum Gasteiger partial charge on any atom is 0.284 e. The number of piperazine rings is 1. The summed E-state index contributed by atoms with van der Waals surface area (Å²) in [6.45, 7) is 10.8. The molecule has 46 heavy (non-hydrogen) atoms. The molecule has 2 aliphatic rings. The Balaban J connectivity index is 1.97. The van der Waals surface area contributed by atoms with Crippen molar-refractivity contribution in [3.63, 3.8) is 0 Å². The minimum atomic E-state index is -0.869. The number of allylic oxidation sites excluding steroid dienone is 1. The highest BCUT2D eigenvalue weighted by Gasteiger charge is 2.46. The molecular formula is C32H32ClFN8O4. The molecule has 14 heteroatoms. The molecule has 1 saturated heterocycles. The topological polar surface area (TPSA) is 161 Å². The number of likely N-dealkylation sites (N-methyl/N-ethyl adjacent to an activating group) is 1. The number of pyridine rings is 2. The summed E-state index contributed by atoms with van der Waals surface area (Å²) in [6, 6.07) is 5.91. The number of phenols is 1. The molecule has 0 aliphatic carbocycles. The van der Waals surface area contributed by atoms with Gasteiger partial charge in [-0.3, -0.25) is 19.4 Å². The van der Waals surface area contributed by atoms with E-state index in [-0.39, 0.29) is 69.4 Å². The first-order valence-corrected chi connectivity index (χ1v) is 14.7. The summed E-state index contributed by atoms with van der Waals surface area (Å²) in [7, 11) is 1.44. The van der Waals surface area contributed by atoms with Gasteiger partial charge in [0.1, 0.15) is 34.9 Å². The quantitative estimate of drug-likeness (QED) is 0.189. The van der Waals surface area contributed by atoms with Crippen LogP contribution in [0.3, 0.4) is 0 Å². The van der Waals surface area contributed by atoms with E-state index in [1.165, 1.54) is 41.1 Å². The van der Waals surface area contributed by atoms with Crippen LogP contribution in [0.15, 0.2) is 58.5 Å². The van der Waals surface area contributed by atoms with Crippen molar-refractivity contribution in [3.8, 4) is 23.1 Å². The molecule has 1 fully saturated rings. The molecule has 2 aromatic heterocycles. The molecular weight excluding hydrogens is 615 g/mol. The van der Waals surface area contributed by atoms with Crippen LogP contribution in [0, 0.1) is 17.1 Å². The smallest absolute Gasteiger partial charge is 0.284 e. The minimum absolute atomic E-state index is 0.0206. The third-order valence-electron chi connectivity index (χ3n) is 7.90. The van der Waals surface area contributed by atoms with Crippen LogP contribution in [0.1, 0.15) is 27.7 Å². The largest absolute Gasteiger partial charge is 0.507 e. The average molecular weight is 647 g/mol. The number of carbonyl (C=O) groups excluding carboxylic acids is 2. The molecule has 2 amide bonds. The second kappa shape index (κ2) is 11.6. The van der Waals surface area contributed by atoms with E-state index in [1.807, 2.05) is 13.0 Å². The van der Waals surface area contributed by atoms with Crippen LogP contribution in [-0.2, 0) is 9.59 Å². The van der Waals surface area contributed by atoms with E-state index < -0.39 is 34.6 Å². The van der Waals surface area contributed by atoms with Crippen molar-refractivity contribution in [2.45, 2.75) is 45.3 Å². The number of hydrogen-bond acceptors (Lipinski definition) is 9. The normalized spacial score (nSPS) is 18.7. The molecule has 0 unspecified atom stereocenters. The Morgan fingerprint density at radius 2 is 1.98 bits per heavy atom. The van der Waals surface area contributed by atoms with E-state index in [0.29, 0.717) is 5.69 Å². The van der Waals surface area contributed by atoms with Crippen molar-refractivity contribution in [2.24, 2.45) is 10.7 Å². The van der Waals surface area contributed by atoms with Crippen molar-refractivity contribution >= 4 is 51.7 Å². The Morgan fingerprint density at radius 3 is 2.57 bits per heavy atom. The first-order valence-electron chi connectivity index (χ1n) is 14.3. The zero-order valence-corrected chi connectivity index (χ0v) is 26.6. The number of fused-ring (bicyclic) bond motifs is 5. The van der Waals surface area contributed by atoms with Gasteiger partial charge < -0.3 is 25.5 Å². The lowest BCUT2D eigenvalue weighted by atomic mass is 9.98. The molecule has 4 heterocycles. The van der Waals surface area contributed by atoms with Crippen LogP contribution in [0.25, 0.3) is 22.3 Å². The first-order chi connectivity index (χ1) is 21.6. The molecule has 1 aromatic carbocycles. The fourth-order valence-corrected chi connectivity index (χ4v) is 6.11. The monoisotopic (exact) mass is 646 g/mol. The van der Waals surface area contributed by atoms with Gasteiger partial charge in [0.15, 0.2) is 11.5 Å². The van der Waals surface area contributed by atoms with Crippen LogP contribution < -0.4 is 21.1 Å². The molecule has 3 N–H and O–H groups in total. The zero-order valence-electron chi connectivity index (χ0n) is 25.9. The zero-order chi connectivity index (χ0) is 33.8. The summed E-state index contributed by atoms with van der Waals surface area (Å²) < 4.78 is 16.2. The SMILES string of the molecule is C=CC(=O)N1C[C@@H]2C(=O)N(C)c3c(c4cc(Cl)c(-c5c(O)cccc5F)nc4n(C(=NC(C)(C)C)C(C#N)=CN)c3=O)N2C[C@H]1C. The molecule has 2 aliphatic heterocycles. The molecule has 0 radical (unpaired) electrons. The number of amides is 2. The van der Waals surface area contributed by atoms with Gasteiger partial charge in [0.25, 0.3) is 11.5 Å². The van der Waals surface area contributed by atoms with Crippen molar-refractivity contribution in [2.75, 3.05) is 29.9 Å². The van der Waals surface area contributed by atoms with E-state index in [0.717, 1.165) is 16.8 Å². The van der Waals surface area contributed by atoms with Crippen molar-refractivity contribution in [1.82, 2.24) is 14.5 Å². The molecule has 0 bridgehead atoms. The van der Waals surface area contributed by atoms with Gasteiger partial charge in [-0.1, -0.05) is 24.2 Å². The number of halogens is 2. The number of hydrogen-bond donors (Lipinski definition) is 2. The molecule has 238 valence electrons. The van der Waals surface area contributed by atoms with E-state index in [2.05, 4.69) is 16.6 Å². The van der Waals surface area contributed by atoms with Gasteiger partial charge in [-0.25, -0.2) is 13.9 Å². The number of aromatic nitrogens is 2. The highest BCUT2D eigenvalue weighted by atomic mass is 35.5. The summed E-state index contributed by atoms with van der Waals surface area (Å²) in [6.07, 6.45) is 2.19. The Bertz CT molecular complexity index is 1970. The van der Waals surface area contributed by atoms with Crippen LogP contribution in [-0.4, -0.2) is 75.0 Å². The summed E-state index contributed by atoms with van der Waals surface area (Å²) >= 11 is 6.77. The van der Waals surface area contributed by atoms with Gasteiger partial charge in [-0.15, -0.1) is 0 Å². The number of nitriles is 1. The lowest BCUT2D eigenvalue weighted by Gasteiger charge is -2.49. The highest BCUT2D eigenvalue weighted by Crippen LogP contribution is 2.44. The van der Waals surface area contributed by atoms with Crippen molar-refractivity contribution in [1.29, 1.82) is 5.26 Å². The Hall–Kier alpha value is -5.22. The van der Waals surface area contributed by atoms with E-state index in [9.17, 15) is 24.8 Å². The minimum Gasteiger partial charge on any atom is -0.507 e. The number of nitrogens with two attached hydrogens (primary N) is 1. The second-order valence-corrected chi connectivity index (χ2v) is 12.5. The van der Waals surface area contributed by atoms with Gasteiger partial charge in [0.2, 0.25) is 5.91 Å². The molecule has 0 spiro atoms. The lowest BCUT2D eigenvalue weighted by Crippen LogP contribution is -2.66. The average Bonchev–Trinajstić information content (AvgIpc) is 2.99. The summed E-state index contributed by atoms with van der Waals surface area (Å²) in [4.78, 5) is 55.0. The molecule has 5 rings (SSSR count). The van der Waals surface area contributed by atoms with Gasteiger partial charge in [0, 0.05) is 31.2 Å². The van der Waals surface area contributed by atoms with Crippen LogP contribution >= 0.6 is 11.6 Å². The first kappa shape index (κ1) is 32.2. The number of aromatic hydroxyl groups is 1. The Morgan fingerprint density at radius 1 is 1.28 bits per heavy atom. The van der Waals surface area contributed by atoms with Crippen LogP contribution in [0.2, 0.25) is 5.02 Å². The van der Waals surface area contributed by atoms with Crippen molar-refractivity contribution in [3.05, 3.63) is 69.9 Å². The Kier molecular flexibility index (Phi) is 8.12. The summed E-state index contributed by atoms with van der Waals surface area (Å²) in [5.74, 6) is -2.20. The van der Waals surface area contributed by atoms with Gasteiger partial charge in [0.05, 0.1) is 34.1 Å². The molecule has 2 atom stereocenters. The molecule has 3 aromatic rings. The number of nitrogens with zero attached hydrogens (tertiary/aromatic N) is 7. The third kappa shape index (κ3) is 5.14. The van der Waals surface area contributed by atoms with Gasteiger partial charge in [-0.05, 0) is 52.0 Å². The predicted octanol–water partition coefficient (Wildman–Crippen LogP) is 3.54. The number of rotatable bonds is 3. The fourth-order valence-electron chi connectivity index (χ4n) is 5.87. The highest BCUT2D eigenvalue weighted by molar-refractivity contribution is 6.34. The number of benzene rings is 1. The molecule has 12 nitrogen and oxygen atoms in total. The summed E-state index contributed by atoms with van der Waals surface area (Å²) in [5, 5.41) is 20.9. The number of phenolic OH excluding ortho intramolecular Hbond substituents is 1. The van der Waals surface area contributed by atoms with Crippen LogP contribution in [0.4, 0.5) is 15.8 Å². The maximum absolute atomic E-state index is 15.2. The van der Waals surface area contributed by atoms with Gasteiger partial charge in [-0.2, -0.15) is 5.26 Å². The third-order valence-corrected chi connectivity index (χ3v) is 8.19. The van der Waals surface area contributed by atoms with Crippen molar-refractivity contribution < 1.29 is 19.1 Å². The fraction of sp³-hybridized carbons (Fsp3) is 0.312. The predicted molar refractivity (Wildman–Crippen MR) is 174 cm³/mol. The Labute approximate surface area is 269 Å². The number of anilines is 2. The van der Waals surface area contributed by atoms with E-state index in [1.54, 1.807) is 25.7 Å². The second-order valence-electron chi connectivity index (χ2n) is 12.1.